The first-order valence-electron chi connectivity index (χ1n) is 12.5. The van der Waals surface area contributed by atoms with Gasteiger partial charge < -0.3 is 10.1 Å². The molecule has 0 aliphatic carbocycles. The van der Waals surface area contributed by atoms with Gasteiger partial charge in [0.1, 0.15) is 5.82 Å². The van der Waals surface area contributed by atoms with Crippen molar-refractivity contribution in [3.8, 4) is 5.69 Å². The van der Waals surface area contributed by atoms with Gasteiger partial charge in [-0.25, -0.2) is 13.9 Å². The molecular weight excluding hydrogens is 554 g/mol. The number of hydrogen-bond acceptors (Lipinski definition) is 4. The zero-order chi connectivity index (χ0) is 28.4. The Labute approximate surface area is 240 Å². The fourth-order valence-electron chi connectivity index (χ4n) is 4.69. The van der Waals surface area contributed by atoms with E-state index in [4.69, 9.17) is 33.0 Å². The average Bonchev–Trinajstić information content (AvgIpc) is 3.34. The van der Waals surface area contributed by atoms with Gasteiger partial charge in [0.05, 0.1) is 42.6 Å². The van der Waals surface area contributed by atoms with Gasteiger partial charge in [0.25, 0.3) is 5.91 Å². The third kappa shape index (κ3) is 5.59. The molecule has 0 spiro atoms. The third-order valence-electron chi connectivity index (χ3n) is 6.64. The lowest BCUT2D eigenvalue weighted by molar-refractivity contribution is 0.0930. The van der Waals surface area contributed by atoms with Gasteiger partial charge in [-0.2, -0.15) is 5.10 Å². The largest absolute Gasteiger partial charge is 0.453 e. The van der Waals surface area contributed by atoms with Crippen molar-refractivity contribution >= 4 is 46.9 Å². The Bertz CT molecular complexity index is 1600. The number of fused-ring (bicyclic) bond motifs is 1. The standard InChI is InChI=1S/C30H25Cl2FN4O3/c1-18(20-6-4-3-5-7-20)34-29(38)27-24-17-36(30(39)40-2)16-21(14-19-8-11-23(33)12-9-19)28(24)37(35-27)26-13-10-22(31)15-25(26)32/h3-15,18H,16-17H2,1-2H3,(H,34,38)/b21-14+/t18-/m1/s1. The number of aromatic nitrogens is 2. The first kappa shape index (κ1) is 27.4. The quantitative estimate of drug-likeness (QED) is 0.278. The molecule has 1 atom stereocenters. The maximum Gasteiger partial charge on any atom is 0.410 e. The Balaban J connectivity index is 1.68. The van der Waals surface area contributed by atoms with Gasteiger partial charge in [-0.05, 0) is 60.0 Å². The molecule has 0 saturated carbocycles. The van der Waals surface area contributed by atoms with Crippen LogP contribution >= 0.6 is 23.2 Å². The molecule has 204 valence electrons. The van der Waals surface area contributed by atoms with Gasteiger partial charge in [-0.3, -0.25) is 9.69 Å². The Kier molecular flexibility index (Phi) is 7.91. The zero-order valence-electron chi connectivity index (χ0n) is 21.7. The third-order valence-corrected chi connectivity index (χ3v) is 7.18. The molecule has 0 fully saturated rings. The van der Waals surface area contributed by atoms with Gasteiger partial charge in [0, 0.05) is 10.6 Å². The normalized spacial score (nSPS) is 14.5. The van der Waals surface area contributed by atoms with Gasteiger partial charge in [0.2, 0.25) is 0 Å². The molecule has 5 rings (SSSR count). The Hall–Kier alpha value is -4.14. The first-order chi connectivity index (χ1) is 19.2. The van der Waals surface area contributed by atoms with Gasteiger partial charge in [-0.15, -0.1) is 0 Å². The van der Waals surface area contributed by atoms with E-state index in [0.29, 0.717) is 38.1 Å². The zero-order valence-corrected chi connectivity index (χ0v) is 23.2. The number of carbonyl (C=O) groups excluding carboxylic acids is 2. The number of nitrogens with zero attached hydrogens (tertiary/aromatic N) is 3. The van der Waals surface area contributed by atoms with E-state index in [1.807, 2.05) is 43.3 Å². The molecule has 4 aromatic rings. The predicted octanol–water partition coefficient (Wildman–Crippen LogP) is 6.93. The lowest BCUT2D eigenvalue weighted by Gasteiger charge is -2.29. The summed E-state index contributed by atoms with van der Waals surface area (Å²) in [6, 6.07) is 20.2. The second-order valence-corrected chi connectivity index (χ2v) is 10.2. The molecule has 0 bridgehead atoms. The van der Waals surface area contributed by atoms with Crippen LogP contribution in [0.5, 0.6) is 0 Å². The molecule has 2 amide bonds. The summed E-state index contributed by atoms with van der Waals surface area (Å²) in [6.07, 6.45) is 1.26. The van der Waals surface area contributed by atoms with E-state index >= 15 is 0 Å². The Morgan fingerprint density at radius 3 is 2.45 bits per heavy atom. The van der Waals surface area contributed by atoms with E-state index < -0.39 is 12.0 Å². The smallest absolute Gasteiger partial charge is 0.410 e. The second-order valence-electron chi connectivity index (χ2n) is 9.34. The number of amides is 2. The summed E-state index contributed by atoms with van der Waals surface area (Å²) in [5.74, 6) is -0.781. The lowest BCUT2D eigenvalue weighted by Crippen LogP contribution is -2.36. The minimum atomic E-state index is -0.558. The van der Waals surface area contributed by atoms with Crippen molar-refractivity contribution in [2.24, 2.45) is 0 Å². The van der Waals surface area contributed by atoms with Crippen molar-refractivity contribution in [2.45, 2.75) is 19.5 Å². The Morgan fingerprint density at radius 1 is 1.05 bits per heavy atom. The van der Waals surface area contributed by atoms with Crippen molar-refractivity contribution in [3.05, 3.63) is 117 Å². The average molecular weight is 579 g/mol. The summed E-state index contributed by atoms with van der Waals surface area (Å²) in [5, 5.41) is 8.52. The number of benzene rings is 3. The van der Waals surface area contributed by atoms with E-state index in [1.54, 1.807) is 35.0 Å². The van der Waals surface area contributed by atoms with Crippen LogP contribution in [0.25, 0.3) is 17.3 Å². The summed E-state index contributed by atoms with van der Waals surface area (Å²) in [5.41, 5.74) is 4.06. The molecule has 10 heteroatoms. The number of hydrogen-bond donors (Lipinski definition) is 1. The molecule has 1 N–H and O–H groups in total. The van der Waals surface area contributed by atoms with Crippen LogP contribution in [-0.4, -0.2) is 40.3 Å². The maximum absolute atomic E-state index is 13.7. The van der Waals surface area contributed by atoms with Crippen LogP contribution in [0, 0.1) is 5.82 Å². The first-order valence-corrected chi connectivity index (χ1v) is 13.2. The van der Waals surface area contributed by atoms with Crippen molar-refractivity contribution in [2.75, 3.05) is 13.7 Å². The van der Waals surface area contributed by atoms with E-state index in [-0.39, 0.29) is 30.6 Å². The molecule has 0 unspecified atom stereocenters. The minimum Gasteiger partial charge on any atom is -0.453 e. The van der Waals surface area contributed by atoms with E-state index in [0.717, 1.165) is 5.56 Å². The molecule has 1 aliphatic rings. The number of rotatable bonds is 5. The second kappa shape index (κ2) is 11.5. The number of carbonyl (C=O) groups is 2. The molecule has 1 aliphatic heterocycles. The van der Waals surface area contributed by atoms with E-state index in [9.17, 15) is 14.0 Å². The van der Waals surface area contributed by atoms with E-state index in [2.05, 4.69) is 5.32 Å². The molecule has 0 radical (unpaired) electrons. The molecule has 0 saturated heterocycles. The topological polar surface area (TPSA) is 76.5 Å². The summed E-state index contributed by atoms with van der Waals surface area (Å²) in [7, 11) is 1.30. The Morgan fingerprint density at radius 2 is 1.77 bits per heavy atom. The highest BCUT2D eigenvalue weighted by Gasteiger charge is 2.34. The number of methoxy groups -OCH3 is 1. The number of halogens is 3. The number of ether oxygens (including phenoxy) is 1. The minimum absolute atomic E-state index is 0.0798. The molecular formula is C30H25Cl2FN4O3. The number of nitrogens with one attached hydrogen (secondary N) is 1. The summed E-state index contributed by atoms with van der Waals surface area (Å²) >= 11 is 12.8. The summed E-state index contributed by atoms with van der Waals surface area (Å²) in [4.78, 5) is 27.9. The summed E-state index contributed by atoms with van der Waals surface area (Å²) in [6.45, 7) is 2.12. The van der Waals surface area contributed by atoms with Crippen LogP contribution in [0.4, 0.5) is 9.18 Å². The molecule has 2 heterocycles. The van der Waals surface area contributed by atoms with Gasteiger partial charge in [0.15, 0.2) is 5.69 Å². The molecule has 3 aromatic carbocycles. The lowest BCUT2D eigenvalue weighted by atomic mass is 9.97. The van der Waals surface area contributed by atoms with Crippen molar-refractivity contribution in [3.63, 3.8) is 0 Å². The van der Waals surface area contributed by atoms with Crippen LogP contribution in [-0.2, 0) is 11.3 Å². The highest BCUT2D eigenvalue weighted by Crippen LogP contribution is 2.36. The molecule has 7 nitrogen and oxygen atoms in total. The summed E-state index contributed by atoms with van der Waals surface area (Å²) < 4.78 is 20.2. The molecule has 40 heavy (non-hydrogen) atoms. The van der Waals surface area contributed by atoms with Crippen LogP contribution in [0.2, 0.25) is 10.0 Å². The highest BCUT2D eigenvalue weighted by atomic mass is 35.5. The predicted molar refractivity (Wildman–Crippen MR) is 153 cm³/mol. The van der Waals surface area contributed by atoms with Crippen LogP contribution < -0.4 is 5.32 Å². The SMILES string of the molecule is COC(=O)N1C/C(=C\c2ccc(F)cc2)c2c(c(C(=O)N[C@H](C)c3ccccc3)nn2-c2ccc(Cl)cc2Cl)C1. The van der Waals surface area contributed by atoms with Gasteiger partial charge >= 0.3 is 6.09 Å². The van der Waals surface area contributed by atoms with Crippen LogP contribution in [0.15, 0.2) is 72.8 Å². The van der Waals surface area contributed by atoms with Crippen LogP contribution in [0.3, 0.4) is 0 Å². The highest BCUT2D eigenvalue weighted by molar-refractivity contribution is 6.35. The molecule has 1 aromatic heterocycles. The monoisotopic (exact) mass is 578 g/mol. The fraction of sp³-hybridized carbons (Fsp3) is 0.167. The van der Waals surface area contributed by atoms with E-state index in [1.165, 1.54) is 24.1 Å². The van der Waals surface area contributed by atoms with Crippen molar-refractivity contribution < 1.29 is 18.7 Å². The maximum atomic E-state index is 13.7. The van der Waals surface area contributed by atoms with Crippen molar-refractivity contribution in [1.29, 1.82) is 0 Å². The van der Waals surface area contributed by atoms with Gasteiger partial charge in [-0.1, -0.05) is 65.7 Å². The van der Waals surface area contributed by atoms with Crippen LogP contribution in [0.1, 0.15) is 45.8 Å². The fourth-order valence-corrected chi connectivity index (χ4v) is 5.18. The van der Waals surface area contributed by atoms with Crippen molar-refractivity contribution in [1.82, 2.24) is 20.0 Å².